The lowest BCUT2D eigenvalue weighted by Gasteiger charge is -2.00. The molecule has 0 unspecified atom stereocenters. The van der Waals surface area contributed by atoms with Crippen molar-refractivity contribution in [1.82, 2.24) is 0 Å². The largest absolute Gasteiger partial charge is 0.0973 e. The summed E-state index contributed by atoms with van der Waals surface area (Å²) in [7, 11) is 1.39. The lowest BCUT2D eigenvalue weighted by atomic mass is 10.0. The Kier molecular flexibility index (Phi) is 3.79. The van der Waals surface area contributed by atoms with Crippen molar-refractivity contribution in [3.8, 4) is 0 Å². The summed E-state index contributed by atoms with van der Waals surface area (Å²) in [5, 5.41) is 8.16. The highest BCUT2D eigenvalue weighted by molar-refractivity contribution is 5.98. The Bertz CT molecular complexity index is 608. The summed E-state index contributed by atoms with van der Waals surface area (Å²) < 4.78 is 0. The van der Waals surface area contributed by atoms with Crippen molar-refractivity contribution < 1.29 is 0 Å². The van der Waals surface area contributed by atoms with Crippen LogP contribution < -0.4 is 0 Å². The van der Waals surface area contributed by atoms with Gasteiger partial charge in [0.2, 0.25) is 0 Å². The third-order valence-electron chi connectivity index (χ3n) is 2.70. The number of nitrogens with zero attached hydrogens (tertiary/aromatic N) is 3. The molecule has 18 heavy (non-hydrogen) atoms. The molecule has 3 aromatic rings. The monoisotopic (exact) mass is 235 g/mol. The summed E-state index contributed by atoms with van der Waals surface area (Å²) in [6, 6.07) is 21.4. The maximum absolute atomic E-state index is 7.33. The molecule has 0 aliphatic heterocycles. The zero-order valence-corrected chi connectivity index (χ0v) is 10.1. The number of benzene rings is 3. The molecule has 88 valence electrons. The second-order valence-corrected chi connectivity index (χ2v) is 3.84. The third-order valence-corrected chi connectivity index (χ3v) is 2.70. The molecule has 0 heterocycles. The van der Waals surface area contributed by atoms with Crippen molar-refractivity contribution in [2.75, 3.05) is 7.05 Å². The second kappa shape index (κ2) is 5.71. The van der Waals surface area contributed by atoms with Crippen LogP contribution in [0.5, 0.6) is 0 Å². The predicted octanol–water partition coefficient (Wildman–Crippen LogP) is 4.92. The van der Waals surface area contributed by atoms with Crippen LogP contribution in [0.1, 0.15) is 0 Å². The van der Waals surface area contributed by atoms with E-state index in [9.17, 15) is 0 Å². The van der Waals surface area contributed by atoms with Crippen molar-refractivity contribution in [3.63, 3.8) is 0 Å². The van der Waals surface area contributed by atoms with E-state index in [4.69, 9.17) is 5.53 Å². The molecular weight excluding hydrogens is 222 g/mol. The maximum Gasteiger partial charge on any atom is 0.0139 e. The van der Waals surface area contributed by atoms with E-state index in [0.717, 1.165) is 0 Å². The van der Waals surface area contributed by atoms with E-state index < -0.39 is 0 Å². The summed E-state index contributed by atoms with van der Waals surface area (Å²) in [5.74, 6) is 0. The Morgan fingerprint density at radius 3 is 1.28 bits per heavy atom. The van der Waals surface area contributed by atoms with Gasteiger partial charge in [0.15, 0.2) is 0 Å². The molecule has 0 saturated carbocycles. The molecule has 0 N–H and O–H groups in total. The minimum Gasteiger partial charge on any atom is -0.0973 e. The Hall–Kier alpha value is -2.51. The van der Waals surface area contributed by atoms with Gasteiger partial charge in [-0.1, -0.05) is 53.6 Å². The van der Waals surface area contributed by atoms with Crippen LogP contribution in [0.25, 0.3) is 32.0 Å². The predicted molar refractivity (Wildman–Crippen MR) is 76.5 cm³/mol. The first-order valence-corrected chi connectivity index (χ1v) is 5.66. The Labute approximate surface area is 105 Å². The first-order chi connectivity index (χ1) is 8.85. The SMILES string of the molecule is CN=[N+]=[N-].c1ccc2cc3ccccc3cc2c1. The Morgan fingerprint density at radius 2 is 1.06 bits per heavy atom. The van der Waals surface area contributed by atoms with E-state index in [2.05, 4.69) is 70.7 Å². The molecule has 0 spiro atoms. The molecule has 0 aliphatic carbocycles. The molecule has 0 amide bonds. The maximum atomic E-state index is 7.33. The molecule has 3 rings (SSSR count). The van der Waals surface area contributed by atoms with Gasteiger partial charge in [0, 0.05) is 12.0 Å². The van der Waals surface area contributed by atoms with E-state index in [-0.39, 0.29) is 0 Å². The number of hydrogen-bond acceptors (Lipinski definition) is 1. The minimum absolute atomic E-state index is 1.31. The van der Waals surface area contributed by atoms with Crippen molar-refractivity contribution in [2.45, 2.75) is 0 Å². The molecular formula is C15H13N3. The summed E-state index contributed by atoms with van der Waals surface area (Å²) in [5.41, 5.74) is 7.33. The van der Waals surface area contributed by atoms with E-state index >= 15 is 0 Å². The van der Waals surface area contributed by atoms with Crippen molar-refractivity contribution >= 4 is 21.5 Å². The number of rotatable bonds is 0. The van der Waals surface area contributed by atoms with Gasteiger partial charge in [-0.25, -0.2) is 0 Å². The molecule has 3 nitrogen and oxygen atoms in total. The quantitative estimate of drug-likeness (QED) is 0.230. The van der Waals surface area contributed by atoms with E-state index in [1.807, 2.05) is 0 Å². The van der Waals surface area contributed by atoms with E-state index in [0.29, 0.717) is 0 Å². The van der Waals surface area contributed by atoms with Crippen LogP contribution in [0.4, 0.5) is 0 Å². The van der Waals surface area contributed by atoms with E-state index in [1.165, 1.54) is 28.6 Å². The Balaban J connectivity index is 0.000000267. The highest BCUT2D eigenvalue weighted by atomic mass is 15.1. The Morgan fingerprint density at radius 1 is 0.778 bits per heavy atom. The molecule has 3 aromatic carbocycles. The topological polar surface area (TPSA) is 48.8 Å². The van der Waals surface area contributed by atoms with Crippen molar-refractivity contribution in [3.05, 3.63) is 71.1 Å². The fourth-order valence-corrected chi connectivity index (χ4v) is 1.88. The molecule has 3 heteroatoms. The smallest absolute Gasteiger partial charge is 0.0139 e. The molecule has 0 atom stereocenters. The molecule has 0 aromatic heterocycles. The summed E-state index contributed by atoms with van der Waals surface area (Å²) in [6.45, 7) is 0. The highest BCUT2D eigenvalue weighted by Crippen LogP contribution is 2.21. The van der Waals surface area contributed by atoms with Crippen LogP contribution in [-0.2, 0) is 0 Å². The van der Waals surface area contributed by atoms with Crippen molar-refractivity contribution in [2.24, 2.45) is 5.11 Å². The minimum atomic E-state index is 1.31. The van der Waals surface area contributed by atoms with Gasteiger partial charge in [0.05, 0.1) is 0 Å². The lowest BCUT2D eigenvalue weighted by molar-refractivity contribution is 1.40. The molecule has 0 bridgehead atoms. The van der Waals surface area contributed by atoms with Crippen LogP contribution in [0.15, 0.2) is 65.8 Å². The number of fused-ring (bicyclic) bond motifs is 2. The van der Waals surface area contributed by atoms with Crippen LogP contribution in [0.2, 0.25) is 0 Å². The van der Waals surface area contributed by atoms with Gasteiger partial charge in [-0.3, -0.25) is 0 Å². The van der Waals surface area contributed by atoms with Gasteiger partial charge in [0.25, 0.3) is 0 Å². The first kappa shape index (κ1) is 12.0. The van der Waals surface area contributed by atoms with Crippen LogP contribution in [0.3, 0.4) is 0 Å². The van der Waals surface area contributed by atoms with Crippen LogP contribution in [-0.4, -0.2) is 7.05 Å². The van der Waals surface area contributed by atoms with Gasteiger partial charge in [-0.2, -0.15) is 0 Å². The van der Waals surface area contributed by atoms with Gasteiger partial charge in [-0.15, -0.1) is 0 Å². The third kappa shape index (κ3) is 2.59. The zero-order chi connectivity index (χ0) is 12.8. The second-order valence-electron chi connectivity index (χ2n) is 3.84. The summed E-state index contributed by atoms with van der Waals surface area (Å²) in [6.07, 6.45) is 0. The lowest BCUT2D eigenvalue weighted by Crippen LogP contribution is -1.74. The normalized spacial score (nSPS) is 9.39. The molecule has 0 aliphatic rings. The first-order valence-electron chi connectivity index (χ1n) is 5.66. The molecule has 0 saturated heterocycles. The van der Waals surface area contributed by atoms with Gasteiger partial charge in [-0.05, 0) is 39.2 Å². The fourth-order valence-electron chi connectivity index (χ4n) is 1.88. The van der Waals surface area contributed by atoms with Gasteiger partial charge < -0.3 is 0 Å². The zero-order valence-electron chi connectivity index (χ0n) is 10.1. The summed E-state index contributed by atoms with van der Waals surface area (Å²) in [4.78, 5) is 2.36. The molecule has 0 radical (unpaired) electrons. The average molecular weight is 235 g/mol. The van der Waals surface area contributed by atoms with Crippen LogP contribution >= 0.6 is 0 Å². The van der Waals surface area contributed by atoms with E-state index in [1.54, 1.807) is 0 Å². The highest BCUT2D eigenvalue weighted by Gasteiger charge is 1.95. The van der Waals surface area contributed by atoms with Crippen molar-refractivity contribution in [1.29, 1.82) is 0 Å². The van der Waals surface area contributed by atoms with Crippen LogP contribution in [0, 0.1) is 0 Å². The van der Waals surface area contributed by atoms with Gasteiger partial charge in [0.1, 0.15) is 0 Å². The summed E-state index contributed by atoms with van der Waals surface area (Å²) >= 11 is 0. The number of azide groups is 1. The molecule has 0 fully saturated rings. The van der Waals surface area contributed by atoms with Gasteiger partial charge >= 0.3 is 0 Å². The fraction of sp³-hybridized carbons (Fsp3) is 0.0667. The standard InChI is InChI=1S/C14H10.CH3N3/c1-2-6-12-10-14-8-4-3-7-13(14)9-11(12)5-1;1-3-4-2/h1-10H;1H3. The number of hydrogen-bond donors (Lipinski definition) is 0. The average Bonchev–Trinajstić information content (AvgIpc) is 2.45.